The number of benzene rings is 1. The van der Waals surface area contributed by atoms with Crippen molar-refractivity contribution in [1.29, 1.82) is 0 Å². The molecular weight excluding hydrogens is 387 g/mol. The number of aliphatic hydroxyl groups is 1. The Morgan fingerprint density at radius 2 is 1.83 bits per heavy atom. The highest BCUT2D eigenvalue weighted by Crippen LogP contribution is 2.42. The number of aromatic nitrogens is 1. The summed E-state index contributed by atoms with van der Waals surface area (Å²) in [6.07, 6.45) is -5.76. The van der Waals surface area contributed by atoms with Gasteiger partial charge in [-0.15, -0.1) is 0 Å². The van der Waals surface area contributed by atoms with Gasteiger partial charge in [-0.1, -0.05) is 18.2 Å². The van der Waals surface area contributed by atoms with E-state index in [1.54, 1.807) is 37.4 Å². The van der Waals surface area contributed by atoms with Crippen molar-refractivity contribution in [3.8, 4) is 0 Å². The average molecular weight is 400 g/mol. The summed E-state index contributed by atoms with van der Waals surface area (Å²) in [6, 6.07) is 10.9. The molecule has 0 bridgehead atoms. The minimum absolute atomic E-state index is 0.0380. The molecule has 0 aliphatic carbocycles. The number of hydrogen-bond donors (Lipinski definition) is 2. The number of halogens is 4. The average Bonchev–Trinajstić information content (AvgIpc) is 2.56. The molecule has 1 aliphatic heterocycles. The molecule has 126 valence electrons. The van der Waals surface area contributed by atoms with Crippen LogP contribution in [0, 0.1) is 0 Å². The van der Waals surface area contributed by atoms with Crippen molar-refractivity contribution in [2.45, 2.75) is 12.4 Å². The molecule has 0 fully saturated rings. The Morgan fingerprint density at radius 3 is 2.42 bits per heavy atom. The van der Waals surface area contributed by atoms with Gasteiger partial charge in [-0.3, -0.25) is 4.90 Å². The topological polar surface area (TPSA) is 48.4 Å². The van der Waals surface area contributed by atoms with Gasteiger partial charge < -0.3 is 10.4 Å². The van der Waals surface area contributed by atoms with Crippen LogP contribution in [0.25, 0.3) is 5.70 Å². The molecule has 0 amide bonds. The molecule has 3 rings (SSSR count). The summed E-state index contributed by atoms with van der Waals surface area (Å²) in [7, 11) is 1.63. The van der Waals surface area contributed by atoms with Crippen LogP contribution >= 0.6 is 15.9 Å². The zero-order chi connectivity index (χ0) is 17.5. The quantitative estimate of drug-likeness (QED) is 0.804. The monoisotopic (exact) mass is 399 g/mol. The number of fused-ring (bicyclic) bond motifs is 1. The van der Waals surface area contributed by atoms with Gasteiger partial charge in [-0.05, 0) is 40.2 Å². The number of anilines is 2. The molecular formula is C16H13BrF3N3O. The number of pyridine rings is 1. The van der Waals surface area contributed by atoms with Crippen molar-refractivity contribution in [3.63, 3.8) is 0 Å². The number of nitrogens with zero attached hydrogens (tertiary/aromatic N) is 2. The van der Waals surface area contributed by atoms with Gasteiger partial charge in [0.2, 0.25) is 0 Å². The molecule has 1 aliphatic rings. The van der Waals surface area contributed by atoms with Crippen molar-refractivity contribution < 1.29 is 18.3 Å². The van der Waals surface area contributed by atoms with E-state index in [1.165, 1.54) is 11.0 Å². The standard InChI is InChI=1S/C16H13BrF3N3O/c1-21-13-10-7-8-11(16(18,19)20)22-14(10)23(15(24)12(13)17)9-5-3-2-4-6-9/h2-8,15,21,24H,1H3. The molecule has 8 heteroatoms. The van der Waals surface area contributed by atoms with E-state index >= 15 is 0 Å². The first-order chi connectivity index (χ1) is 11.3. The molecule has 2 heterocycles. The van der Waals surface area contributed by atoms with Crippen LogP contribution < -0.4 is 10.2 Å². The summed E-state index contributed by atoms with van der Waals surface area (Å²) in [6.45, 7) is 0. The Hall–Kier alpha value is -2.06. The Kier molecular flexibility index (Phi) is 4.27. The van der Waals surface area contributed by atoms with Crippen molar-refractivity contribution in [1.82, 2.24) is 10.3 Å². The molecule has 0 saturated heterocycles. The SMILES string of the molecule is CNC1=C(Br)C(O)N(c2ccccc2)c2nc(C(F)(F)F)ccc21. The summed E-state index contributed by atoms with van der Waals surface area (Å²) in [4.78, 5) is 5.13. The Morgan fingerprint density at radius 1 is 1.17 bits per heavy atom. The van der Waals surface area contributed by atoms with Crippen molar-refractivity contribution in [3.05, 3.63) is 58.2 Å². The number of alkyl halides is 3. The third-order valence-corrected chi connectivity index (χ3v) is 4.46. The molecule has 2 N–H and O–H groups in total. The van der Waals surface area contributed by atoms with Gasteiger partial charge in [0.05, 0.1) is 10.2 Å². The fourth-order valence-corrected chi connectivity index (χ4v) is 3.19. The third kappa shape index (κ3) is 2.76. The van der Waals surface area contributed by atoms with Crippen LogP contribution in [-0.4, -0.2) is 23.4 Å². The predicted octanol–water partition coefficient (Wildman–Crippen LogP) is 3.85. The van der Waals surface area contributed by atoms with E-state index in [1.807, 2.05) is 0 Å². The molecule has 1 unspecified atom stereocenters. The van der Waals surface area contributed by atoms with Gasteiger partial charge >= 0.3 is 6.18 Å². The fourth-order valence-electron chi connectivity index (χ4n) is 2.58. The molecule has 0 radical (unpaired) electrons. The van der Waals surface area contributed by atoms with Crippen LogP contribution in [0.3, 0.4) is 0 Å². The van der Waals surface area contributed by atoms with Crippen LogP contribution in [0.2, 0.25) is 0 Å². The van der Waals surface area contributed by atoms with Crippen LogP contribution in [-0.2, 0) is 6.18 Å². The number of hydrogen-bond acceptors (Lipinski definition) is 4. The number of nitrogens with one attached hydrogen (secondary N) is 1. The molecule has 1 aromatic carbocycles. The normalized spacial score (nSPS) is 17.8. The maximum absolute atomic E-state index is 13.1. The molecule has 0 saturated carbocycles. The summed E-state index contributed by atoms with van der Waals surface area (Å²) < 4.78 is 39.6. The van der Waals surface area contributed by atoms with Crippen molar-refractivity contribution in [2.24, 2.45) is 0 Å². The second-order valence-electron chi connectivity index (χ2n) is 5.12. The number of aliphatic hydroxyl groups excluding tert-OH is 1. The first kappa shape index (κ1) is 16.8. The van der Waals surface area contributed by atoms with Gasteiger partial charge in [0.25, 0.3) is 0 Å². The lowest BCUT2D eigenvalue weighted by Crippen LogP contribution is -2.37. The zero-order valence-corrected chi connectivity index (χ0v) is 14.1. The lowest BCUT2D eigenvalue weighted by atomic mass is 10.1. The van der Waals surface area contributed by atoms with Crippen LogP contribution in [0.15, 0.2) is 46.9 Å². The summed E-state index contributed by atoms with van der Waals surface area (Å²) >= 11 is 3.32. The molecule has 4 nitrogen and oxygen atoms in total. The minimum atomic E-state index is -4.57. The zero-order valence-electron chi connectivity index (χ0n) is 12.5. The van der Waals surface area contributed by atoms with E-state index in [0.717, 1.165) is 6.07 Å². The fraction of sp³-hybridized carbons (Fsp3) is 0.188. The number of para-hydroxylation sites is 1. The van der Waals surface area contributed by atoms with Gasteiger partial charge in [0, 0.05) is 18.3 Å². The molecule has 1 aromatic heterocycles. The largest absolute Gasteiger partial charge is 0.433 e. The van der Waals surface area contributed by atoms with Gasteiger partial charge in [-0.2, -0.15) is 13.2 Å². The van der Waals surface area contributed by atoms with E-state index in [0.29, 0.717) is 21.4 Å². The van der Waals surface area contributed by atoms with Gasteiger partial charge in [-0.25, -0.2) is 4.98 Å². The van der Waals surface area contributed by atoms with E-state index in [-0.39, 0.29) is 5.82 Å². The number of rotatable bonds is 2. The van der Waals surface area contributed by atoms with E-state index in [2.05, 4.69) is 26.2 Å². The highest BCUT2D eigenvalue weighted by molar-refractivity contribution is 9.11. The Bertz CT molecular complexity index is 793. The first-order valence-electron chi connectivity index (χ1n) is 7.03. The van der Waals surface area contributed by atoms with E-state index < -0.39 is 18.1 Å². The lowest BCUT2D eigenvalue weighted by molar-refractivity contribution is -0.141. The minimum Gasteiger partial charge on any atom is -0.387 e. The van der Waals surface area contributed by atoms with E-state index in [9.17, 15) is 18.3 Å². The summed E-state index contributed by atoms with van der Waals surface area (Å²) in [5, 5.41) is 13.5. The van der Waals surface area contributed by atoms with Gasteiger partial charge in [0.1, 0.15) is 11.5 Å². The highest BCUT2D eigenvalue weighted by atomic mass is 79.9. The lowest BCUT2D eigenvalue weighted by Gasteiger charge is -2.36. The van der Waals surface area contributed by atoms with Crippen molar-refractivity contribution >= 4 is 33.1 Å². The van der Waals surface area contributed by atoms with Gasteiger partial charge in [0.15, 0.2) is 6.23 Å². The highest BCUT2D eigenvalue weighted by Gasteiger charge is 2.37. The summed E-state index contributed by atoms with van der Waals surface area (Å²) in [5.41, 5.74) is 0.477. The van der Waals surface area contributed by atoms with E-state index in [4.69, 9.17) is 0 Å². The van der Waals surface area contributed by atoms with Crippen LogP contribution in [0.1, 0.15) is 11.3 Å². The molecule has 24 heavy (non-hydrogen) atoms. The molecule has 1 atom stereocenters. The Balaban J connectivity index is 2.26. The van der Waals surface area contributed by atoms with Crippen molar-refractivity contribution in [2.75, 3.05) is 11.9 Å². The second-order valence-corrected chi connectivity index (χ2v) is 5.97. The predicted molar refractivity (Wildman–Crippen MR) is 88.7 cm³/mol. The maximum atomic E-state index is 13.1. The third-order valence-electron chi connectivity index (χ3n) is 3.66. The van der Waals surface area contributed by atoms with Crippen LogP contribution in [0.5, 0.6) is 0 Å². The Labute approximate surface area is 144 Å². The maximum Gasteiger partial charge on any atom is 0.433 e. The second kappa shape index (κ2) is 6.10. The first-order valence-corrected chi connectivity index (χ1v) is 7.82. The molecule has 0 spiro atoms. The summed E-state index contributed by atoms with van der Waals surface area (Å²) in [5.74, 6) is 0.0380. The van der Waals surface area contributed by atoms with Crippen LogP contribution in [0.4, 0.5) is 24.7 Å². The molecule has 2 aromatic rings. The smallest absolute Gasteiger partial charge is 0.387 e.